The van der Waals surface area contributed by atoms with Crippen molar-refractivity contribution in [2.75, 3.05) is 25.1 Å². The Labute approximate surface area is 137 Å². The van der Waals surface area contributed by atoms with E-state index in [1.807, 2.05) is 24.3 Å². The van der Waals surface area contributed by atoms with Crippen LogP contribution in [-0.4, -0.2) is 54.6 Å². The van der Waals surface area contributed by atoms with Crippen molar-refractivity contribution >= 4 is 49.1 Å². The normalized spacial score (nSPS) is 19.0. The van der Waals surface area contributed by atoms with Gasteiger partial charge in [0.1, 0.15) is 0 Å². The lowest BCUT2D eigenvalue weighted by Gasteiger charge is -2.15. The van der Waals surface area contributed by atoms with Crippen molar-refractivity contribution in [1.29, 1.82) is 0 Å². The molecule has 1 atom stereocenters. The van der Waals surface area contributed by atoms with Crippen LogP contribution in [-0.2, 0) is 14.6 Å². The number of thiazole rings is 1. The van der Waals surface area contributed by atoms with Gasteiger partial charge in [-0.15, -0.1) is 11.3 Å². The summed E-state index contributed by atoms with van der Waals surface area (Å²) in [5, 5.41) is -0.413. The molecule has 8 heteroatoms. The third kappa shape index (κ3) is 3.44. The number of fused-ring (bicyclic) bond motifs is 1. The minimum Gasteiger partial charge on any atom is -0.341 e. The number of carbonyl (C=O) groups is 1. The predicted octanol–water partition coefficient (Wildman–Crippen LogP) is 2.03. The van der Waals surface area contributed by atoms with Crippen molar-refractivity contribution in [2.45, 2.75) is 16.0 Å². The van der Waals surface area contributed by atoms with Crippen molar-refractivity contribution in [1.82, 2.24) is 9.88 Å². The number of thioether (sulfide) groups is 1. The lowest BCUT2D eigenvalue weighted by atomic mass is 10.3. The number of nitrogens with zero attached hydrogens (tertiary/aromatic N) is 2. The summed E-state index contributed by atoms with van der Waals surface area (Å²) in [4.78, 5) is 18.3. The Morgan fingerprint density at radius 3 is 2.91 bits per heavy atom. The Hall–Kier alpha value is -1.12. The lowest BCUT2D eigenvalue weighted by molar-refractivity contribution is -0.127. The van der Waals surface area contributed by atoms with E-state index in [1.54, 1.807) is 16.2 Å². The van der Waals surface area contributed by atoms with E-state index in [1.165, 1.54) is 18.0 Å². The van der Waals surface area contributed by atoms with Crippen molar-refractivity contribution < 1.29 is 13.2 Å². The molecule has 1 unspecified atom stereocenters. The molecule has 1 aromatic heterocycles. The van der Waals surface area contributed by atoms with Gasteiger partial charge < -0.3 is 4.90 Å². The van der Waals surface area contributed by atoms with Crippen LogP contribution in [0.5, 0.6) is 0 Å². The van der Waals surface area contributed by atoms with Crippen LogP contribution in [0.1, 0.15) is 6.42 Å². The molecule has 1 fully saturated rings. The maximum Gasteiger partial charge on any atom is 0.233 e. The minimum absolute atomic E-state index is 0.0181. The van der Waals surface area contributed by atoms with E-state index in [0.717, 1.165) is 14.6 Å². The van der Waals surface area contributed by atoms with Gasteiger partial charge >= 0.3 is 0 Å². The van der Waals surface area contributed by atoms with Gasteiger partial charge in [-0.2, -0.15) is 0 Å². The number of likely N-dealkylation sites (tertiary alicyclic amines) is 1. The Kier molecular flexibility index (Phi) is 4.42. The molecule has 0 spiro atoms. The first-order chi connectivity index (χ1) is 10.4. The summed E-state index contributed by atoms with van der Waals surface area (Å²) >= 11 is 2.99. The van der Waals surface area contributed by atoms with E-state index in [0.29, 0.717) is 25.3 Å². The largest absolute Gasteiger partial charge is 0.341 e. The zero-order valence-corrected chi connectivity index (χ0v) is 14.5. The summed E-state index contributed by atoms with van der Waals surface area (Å²) in [7, 11) is -3.06. The van der Waals surface area contributed by atoms with Crippen molar-refractivity contribution in [2.24, 2.45) is 0 Å². The topological polar surface area (TPSA) is 67.3 Å². The Bertz CT molecular complexity index is 768. The van der Waals surface area contributed by atoms with Gasteiger partial charge in [-0.3, -0.25) is 4.79 Å². The Morgan fingerprint density at radius 2 is 2.23 bits per heavy atom. The second kappa shape index (κ2) is 6.17. The number of para-hydroxylation sites is 1. The minimum atomic E-state index is -3.06. The van der Waals surface area contributed by atoms with E-state index in [2.05, 4.69) is 4.98 Å². The molecule has 1 amide bonds. The summed E-state index contributed by atoms with van der Waals surface area (Å²) in [6, 6.07) is 7.87. The molecule has 0 radical (unpaired) electrons. The molecule has 0 N–H and O–H groups in total. The molecule has 2 heterocycles. The Morgan fingerprint density at radius 1 is 1.45 bits per heavy atom. The van der Waals surface area contributed by atoms with Gasteiger partial charge in [0.05, 0.1) is 21.2 Å². The summed E-state index contributed by atoms with van der Waals surface area (Å²) in [5.41, 5.74) is 0.945. The average Bonchev–Trinajstić information content (AvgIpc) is 3.10. The number of carbonyl (C=O) groups excluding carboxylic acids is 1. The summed E-state index contributed by atoms with van der Waals surface area (Å²) in [5.74, 6) is 0.284. The fourth-order valence-corrected chi connectivity index (χ4v) is 5.39. The molecular weight excluding hydrogens is 340 g/mol. The second-order valence-electron chi connectivity index (χ2n) is 5.32. The molecule has 0 bridgehead atoms. The predicted molar refractivity (Wildman–Crippen MR) is 90.2 cm³/mol. The van der Waals surface area contributed by atoms with Crippen LogP contribution in [0.4, 0.5) is 0 Å². The first-order valence-electron chi connectivity index (χ1n) is 6.88. The molecule has 1 aliphatic heterocycles. The maximum absolute atomic E-state index is 12.2. The van der Waals surface area contributed by atoms with Gasteiger partial charge in [-0.1, -0.05) is 23.9 Å². The summed E-state index contributed by atoms with van der Waals surface area (Å²) in [6.07, 6.45) is 1.78. The molecule has 118 valence electrons. The lowest BCUT2D eigenvalue weighted by Crippen LogP contribution is -2.32. The number of hydrogen-bond acceptors (Lipinski definition) is 6. The zero-order chi connectivity index (χ0) is 15.7. The van der Waals surface area contributed by atoms with Crippen molar-refractivity contribution in [3.63, 3.8) is 0 Å². The third-order valence-electron chi connectivity index (χ3n) is 3.70. The number of aromatic nitrogens is 1. The zero-order valence-electron chi connectivity index (χ0n) is 12.1. The van der Waals surface area contributed by atoms with Crippen molar-refractivity contribution in [3.8, 4) is 0 Å². The van der Waals surface area contributed by atoms with E-state index in [4.69, 9.17) is 0 Å². The highest BCUT2D eigenvalue weighted by Gasteiger charge is 2.32. The molecule has 22 heavy (non-hydrogen) atoms. The van der Waals surface area contributed by atoms with Gasteiger partial charge in [0, 0.05) is 19.3 Å². The third-order valence-corrected chi connectivity index (χ3v) is 7.46. The van der Waals surface area contributed by atoms with Crippen molar-refractivity contribution in [3.05, 3.63) is 24.3 Å². The number of hydrogen-bond donors (Lipinski definition) is 0. The van der Waals surface area contributed by atoms with E-state index >= 15 is 0 Å². The molecule has 2 aromatic rings. The standard InChI is InChI=1S/C14H16N2O3S3/c1-22(18,19)10-6-7-16(8-10)13(17)9-20-14-15-11-4-2-3-5-12(11)21-14/h2-5,10H,6-9H2,1H3. The van der Waals surface area contributed by atoms with E-state index in [9.17, 15) is 13.2 Å². The van der Waals surface area contributed by atoms with Gasteiger partial charge in [-0.05, 0) is 18.6 Å². The van der Waals surface area contributed by atoms with Crippen LogP contribution in [0.15, 0.2) is 28.6 Å². The number of benzene rings is 1. The van der Waals surface area contributed by atoms with Crippen LogP contribution < -0.4 is 0 Å². The summed E-state index contributed by atoms with van der Waals surface area (Å²) < 4.78 is 25.0. The molecule has 1 aromatic carbocycles. The van der Waals surface area contributed by atoms with Gasteiger partial charge in [-0.25, -0.2) is 13.4 Å². The molecule has 0 aliphatic carbocycles. The van der Waals surface area contributed by atoms with E-state index in [-0.39, 0.29) is 5.91 Å². The highest BCUT2D eigenvalue weighted by atomic mass is 32.2. The van der Waals surface area contributed by atoms with Gasteiger partial charge in [0.2, 0.25) is 5.91 Å². The van der Waals surface area contributed by atoms with Gasteiger partial charge in [0.25, 0.3) is 0 Å². The molecule has 3 rings (SSSR count). The van der Waals surface area contributed by atoms with Crippen LogP contribution in [0.2, 0.25) is 0 Å². The fourth-order valence-electron chi connectivity index (χ4n) is 2.43. The number of rotatable bonds is 4. The summed E-state index contributed by atoms with van der Waals surface area (Å²) in [6.45, 7) is 0.842. The first-order valence-corrected chi connectivity index (χ1v) is 10.6. The van der Waals surface area contributed by atoms with Gasteiger partial charge in [0.15, 0.2) is 14.2 Å². The number of sulfone groups is 1. The number of amides is 1. The molecule has 1 saturated heterocycles. The molecular formula is C14H16N2O3S3. The SMILES string of the molecule is CS(=O)(=O)C1CCN(C(=O)CSc2nc3ccccc3s2)C1. The monoisotopic (exact) mass is 356 g/mol. The molecule has 0 saturated carbocycles. The van der Waals surface area contributed by atoms with Crippen LogP contribution in [0, 0.1) is 0 Å². The second-order valence-corrected chi connectivity index (χ2v) is 9.89. The average molecular weight is 356 g/mol. The highest BCUT2D eigenvalue weighted by Crippen LogP contribution is 2.29. The van der Waals surface area contributed by atoms with Crippen LogP contribution >= 0.6 is 23.1 Å². The Balaban J connectivity index is 1.59. The maximum atomic E-state index is 12.2. The van der Waals surface area contributed by atoms with Crippen LogP contribution in [0.25, 0.3) is 10.2 Å². The first kappa shape index (κ1) is 15.8. The molecule has 5 nitrogen and oxygen atoms in total. The molecule has 1 aliphatic rings. The quantitative estimate of drug-likeness (QED) is 0.784. The smallest absolute Gasteiger partial charge is 0.233 e. The van der Waals surface area contributed by atoms with E-state index < -0.39 is 15.1 Å². The van der Waals surface area contributed by atoms with Crippen LogP contribution in [0.3, 0.4) is 0 Å². The fraction of sp³-hybridized carbons (Fsp3) is 0.429. The highest BCUT2D eigenvalue weighted by molar-refractivity contribution is 8.01.